The monoisotopic (exact) mass is 893 g/mol. The molecule has 0 heterocycles. The fraction of sp³-hybridized carbons (Fsp3) is 0.763. The Morgan fingerprint density at radius 3 is 1.20 bits per heavy atom. The van der Waals surface area contributed by atoms with Crippen LogP contribution in [0.15, 0.2) is 72.9 Å². The van der Waals surface area contributed by atoms with Gasteiger partial charge in [0.2, 0.25) is 0 Å². The van der Waals surface area contributed by atoms with Gasteiger partial charge in [-0.1, -0.05) is 241 Å². The van der Waals surface area contributed by atoms with Crippen LogP contribution in [0.2, 0.25) is 0 Å². The maximum atomic E-state index is 12.8. The van der Waals surface area contributed by atoms with Gasteiger partial charge in [-0.05, 0) is 83.5 Å². The summed E-state index contributed by atoms with van der Waals surface area (Å²) in [5.74, 6) is -0.459. The molecule has 5 heteroatoms. The average molecular weight is 893 g/mol. The van der Waals surface area contributed by atoms with Gasteiger partial charge in [0, 0.05) is 19.4 Å². The SMILES string of the molecule is CC/C=C\C/C=C\C/C=C\C/C=C\C/C=C\CCCC(=O)OCC(COCCCCCCCC/C=C\CCCCCC)OC(=O)CCCCCCCCCCCCCCCCCCC. The highest BCUT2D eigenvalue weighted by atomic mass is 16.6. The lowest BCUT2D eigenvalue weighted by Gasteiger charge is -2.18. The van der Waals surface area contributed by atoms with Crippen molar-refractivity contribution in [1.29, 1.82) is 0 Å². The van der Waals surface area contributed by atoms with Gasteiger partial charge in [-0.2, -0.15) is 0 Å². The molecule has 0 fully saturated rings. The molecule has 370 valence electrons. The van der Waals surface area contributed by atoms with Crippen LogP contribution in [0.25, 0.3) is 0 Å². The zero-order valence-corrected chi connectivity index (χ0v) is 42.5. The van der Waals surface area contributed by atoms with Crippen molar-refractivity contribution in [1.82, 2.24) is 0 Å². The Morgan fingerprint density at radius 2 is 0.719 bits per heavy atom. The predicted octanol–water partition coefficient (Wildman–Crippen LogP) is 18.7. The molecule has 0 aliphatic heterocycles. The maximum Gasteiger partial charge on any atom is 0.306 e. The van der Waals surface area contributed by atoms with Gasteiger partial charge in [0.1, 0.15) is 6.61 Å². The first-order valence-corrected chi connectivity index (χ1v) is 27.5. The summed E-state index contributed by atoms with van der Waals surface area (Å²) in [6.07, 6.45) is 70.6. The Hall–Kier alpha value is -2.66. The van der Waals surface area contributed by atoms with Crippen molar-refractivity contribution in [3.63, 3.8) is 0 Å². The predicted molar refractivity (Wildman–Crippen MR) is 279 cm³/mol. The zero-order valence-electron chi connectivity index (χ0n) is 42.5. The van der Waals surface area contributed by atoms with Crippen LogP contribution in [0.5, 0.6) is 0 Å². The topological polar surface area (TPSA) is 61.8 Å². The quantitative estimate of drug-likeness (QED) is 0.0346. The molecule has 0 N–H and O–H groups in total. The van der Waals surface area contributed by atoms with E-state index < -0.39 is 6.10 Å². The number of hydrogen-bond acceptors (Lipinski definition) is 5. The summed E-state index contributed by atoms with van der Waals surface area (Å²) in [6.45, 7) is 7.66. The average Bonchev–Trinajstić information content (AvgIpc) is 3.30. The summed E-state index contributed by atoms with van der Waals surface area (Å²) >= 11 is 0. The largest absolute Gasteiger partial charge is 0.462 e. The second-order valence-corrected chi connectivity index (χ2v) is 18.1. The van der Waals surface area contributed by atoms with Crippen molar-refractivity contribution in [3.05, 3.63) is 72.9 Å². The first kappa shape index (κ1) is 61.3. The van der Waals surface area contributed by atoms with Crippen LogP contribution in [-0.4, -0.2) is 37.9 Å². The first-order valence-electron chi connectivity index (χ1n) is 27.5. The molecule has 0 spiro atoms. The Labute approximate surface area is 397 Å². The lowest BCUT2D eigenvalue weighted by molar-refractivity contribution is -0.163. The normalized spacial score (nSPS) is 12.7. The molecule has 64 heavy (non-hydrogen) atoms. The van der Waals surface area contributed by atoms with Crippen molar-refractivity contribution >= 4 is 11.9 Å². The number of allylic oxidation sites excluding steroid dienone is 12. The number of ether oxygens (including phenoxy) is 3. The second-order valence-electron chi connectivity index (χ2n) is 18.1. The van der Waals surface area contributed by atoms with Gasteiger partial charge in [-0.15, -0.1) is 0 Å². The summed E-state index contributed by atoms with van der Waals surface area (Å²) in [4.78, 5) is 25.4. The number of unbranched alkanes of at least 4 members (excludes halogenated alkanes) is 27. The molecule has 1 atom stereocenters. The molecule has 0 aromatic heterocycles. The molecule has 1 unspecified atom stereocenters. The minimum absolute atomic E-state index is 0.0540. The smallest absolute Gasteiger partial charge is 0.306 e. The fourth-order valence-corrected chi connectivity index (χ4v) is 7.66. The minimum Gasteiger partial charge on any atom is -0.462 e. The van der Waals surface area contributed by atoms with Gasteiger partial charge in [-0.25, -0.2) is 0 Å². The molecule has 0 aliphatic rings. The van der Waals surface area contributed by atoms with E-state index in [1.165, 1.54) is 161 Å². The lowest BCUT2D eigenvalue weighted by Crippen LogP contribution is -2.30. The molecular formula is C59H104O5. The van der Waals surface area contributed by atoms with E-state index in [9.17, 15) is 9.59 Å². The van der Waals surface area contributed by atoms with E-state index in [0.29, 0.717) is 19.4 Å². The number of hydrogen-bond donors (Lipinski definition) is 0. The van der Waals surface area contributed by atoms with E-state index in [1.807, 2.05) is 0 Å². The molecule has 0 aliphatic carbocycles. The van der Waals surface area contributed by atoms with Crippen molar-refractivity contribution in [2.24, 2.45) is 0 Å². The van der Waals surface area contributed by atoms with Crippen molar-refractivity contribution in [2.45, 2.75) is 271 Å². The number of rotatable bonds is 50. The van der Waals surface area contributed by atoms with Crippen molar-refractivity contribution < 1.29 is 23.8 Å². The third-order valence-corrected chi connectivity index (χ3v) is 11.7. The van der Waals surface area contributed by atoms with E-state index >= 15 is 0 Å². The molecule has 0 amide bonds. The Kier molecular flexibility index (Phi) is 52.4. The van der Waals surface area contributed by atoms with E-state index in [0.717, 1.165) is 70.6 Å². The third-order valence-electron chi connectivity index (χ3n) is 11.7. The summed E-state index contributed by atoms with van der Waals surface area (Å²) in [5.41, 5.74) is 0. The van der Waals surface area contributed by atoms with Gasteiger partial charge < -0.3 is 14.2 Å². The van der Waals surface area contributed by atoms with Gasteiger partial charge in [-0.3, -0.25) is 9.59 Å². The highest BCUT2D eigenvalue weighted by Gasteiger charge is 2.17. The van der Waals surface area contributed by atoms with Gasteiger partial charge in [0.25, 0.3) is 0 Å². The number of esters is 2. The van der Waals surface area contributed by atoms with E-state index in [-0.39, 0.29) is 25.2 Å². The minimum atomic E-state index is -0.562. The summed E-state index contributed by atoms with van der Waals surface area (Å²) in [7, 11) is 0. The van der Waals surface area contributed by atoms with Gasteiger partial charge >= 0.3 is 11.9 Å². The Balaban J connectivity index is 4.34. The molecule has 0 bridgehead atoms. The standard InChI is InChI=1S/C59H104O5/c1-4-7-10-13-16-19-22-25-28-30-32-34-37-40-43-46-49-52-58(60)63-56-57(55-62-54-51-48-45-42-39-36-27-24-21-18-15-12-9-6-3)64-59(61)53-50-47-44-41-38-35-33-31-29-26-23-20-17-14-11-8-5-2/h7,10,16,19,21,24-25,28,32,34,40,43,57H,4-6,8-9,11-15,17-18,20,22-23,26-27,29-31,33,35-39,41-42,44-56H2,1-3H3/b10-7-,19-16-,24-21-,28-25-,34-32-,43-40-. The van der Waals surface area contributed by atoms with E-state index in [2.05, 4.69) is 93.7 Å². The molecular weight excluding hydrogens is 789 g/mol. The van der Waals surface area contributed by atoms with Crippen LogP contribution in [-0.2, 0) is 23.8 Å². The summed E-state index contributed by atoms with van der Waals surface area (Å²) in [5, 5.41) is 0. The van der Waals surface area contributed by atoms with Crippen molar-refractivity contribution in [2.75, 3.05) is 19.8 Å². The van der Waals surface area contributed by atoms with E-state index in [4.69, 9.17) is 14.2 Å². The molecule has 0 saturated heterocycles. The van der Waals surface area contributed by atoms with Crippen LogP contribution in [0, 0.1) is 0 Å². The van der Waals surface area contributed by atoms with E-state index in [1.54, 1.807) is 0 Å². The Morgan fingerprint density at radius 1 is 0.359 bits per heavy atom. The lowest BCUT2D eigenvalue weighted by atomic mass is 10.0. The summed E-state index contributed by atoms with van der Waals surface area (Å²) < 4.78 is 17.4. The summed E-state index contributed by atoms with van der Waals surface area (Å²) in [6, 6.07) is 0. The number of carbonyl (C=O) groups excluding carboxylic acids is 2. The molecule has 5 nitrogen and oxygen atoms in total. The molecule has 0 rings (SSSR count). The molecule has 0 aromatic rings. The fourth-order valence-electron chi connectivity index (χ4n) is 7.66. The highest BCUT2D eigenvalue weighted by molar-refractivity contribution is 5.70. The van der Waals surface area contributed by atoms with Crippen LogP contribution in [0.4, 0.5) is 0 Å². The van der Waals surface area contributed by atoms with Crippen molar-refractivity contribution in [3.8, 4) is 0 Å². The van der Waals surface area contributed by atoms with Crippen LogP contribution in [0.1, 0.15) is 265 Å². The molecule has 0 radical (unpaired) electrons. The second kappa shape index (κ2) is 54.7. The zero-order chi connectivity index (χ0) is 46.3. The highest BCUT2D eigenvalue weighted by Crippen LogP contribution is 2.15. The van der Waals surface area contributed by atoms with Gasteiger partial charge in [0.05, 0.1) is 6.61 Å². The number of carbonyl (C=O) groups is 2. The maximum absolute atomic E-state index is 12.8. The molecule has 0 aromatic carbocycles. The van der Waals surface area contributed by atoms with Crippen LogP contribution in [0.3, 0.4) is 0 Å². The first-order chi connectivity index (χ1) is 31.6. The van der Waals surface area contributed by atoms with Crippen LogP contribution < -0.4 is 0 Å². The van der Waals surface area contributed by atoms with Gasteiger partial charge in [0.15, 0.2) is 6.10 Å². The van der Waals surface area contributed by atoms with Crippen LogP contribution >= 0.6 is 0 Å². The Bertz CT molecular complexity index is 1150. The third kappa shape index (κ3) is 52.0. The molecule has 0 saturated carbocycles.